The number of carbonyl (C=O) groups excluding carboxylic acids is 1. The van der Waals surface area contributed by atoms with Crippen LogP contribution < -0.4 is 5.32 Å². The molecule has 0 saturated carbocycles. The molecule has 0 aromatic carbocycles. The number of thioether (sulfide) groups is 1. The summed E-state index contributed by atoms with van der Waals surface area (Å²) in [5, 5.41) is 22.8. The second kappa shape index (κ2) is 7.16. The number of carboxylic acid groups (broad SMARTS) is 1. The Morgan fingerprint density at radius 1 is 1.32 bits per heavy atom. The number of carbonyl (C=O) groups is 2. The number of aryl methyl sites for hydroxylation is 1. The van der Waals surface area contributed by atoms with Crippen molar-refractivity contribution in [2.45, 2.75) is 61.8 Å². The number of nitrogens with one attached hydrogen (secondary N) is 1. The monoisotopic (exact) mass is 401 g/mol. The van der Waals surface area contributed by atoms with Crippen molar-refractivity contribution in [1.82, 2.24) is 14.9 Å². The smallest absolute Gasteiger partial charge is 0.333 e. The molecule has 1 aromatic rings. The molecule has 8 heteroatoms. The largest absolute Gasteiger partial charge is 0.512 e. The fraction of sp³-hybridized carbons (Fsp3) is 0.450. The fourth-order valence-electron chi connectivity index (χ4n) is 4.00. The Balaban J connectivity index is 1.41. The van der Waals surface area contributed by atoms with Gasteiger partial charge < -0.3 is 15.5 Å². The normalized spacial score (nSPS) is 23.6. The molecule has 2 aliphatic carbocycles. The Hall–Kier alpha value is -2.48. The van der Waals surface area contributed by atoms with Crippen LogP contribution in [-0.4, -0.2) is 36.4 Å². The van der Waals surface area contributed by atoms with E-state index in [0.717, 1.165) is 29.4 Å². The maximum absolute atomic E-state index is 12.3. The van der Waals surface area contributed by atoms with Gasteiger partial charge in [-0.2, -0.15) is 0 Å². The van der Waals surface area contributed by atoms with Crippen LogP contribution >= 0.6 is 11.8 Å². The Morgan fingerprint density at radius 2 is 2.11 bits per heavy atom. The van der Waals surface area contributed by atoms with Gasteiger partial charge in [0.2, 0.25) is 5.91 Å². The first-order chi connectivity index (χ1) is 13.4. The van der Waals surface area contributed by atoms with Crippen molar-refractivity contribution in [2.24, 2.45) is 0 Å². The van der Waals surface area contributed by atoms with Crippen LogP contribution in [0.5, 0.6) is 0 Å². The van der Waals surface area contributed by atoms with Crippen LogP contribution in [0.1, 0.15) is 51.1 Å². The lowest BCUT2D eigenvalue weighted by atomic mass is 9.96. The number of imidazole rings is 1. The Morgan fingerprint density at radius 3 is 2.89 bits per heavy atom. The highest BCUT2D eigenvalue weighted by atomic mass is 32.2. The molecule has 1 atom stereocenters. The predicted molar refractivity (Wildman–Crippen MR) is 106 cm³/mol. The summed E-state index contributed by atoms with van der Waals surface area (Å²) in [6.45, 7) is 2.09. The number of hydrogen-bond donors (Lipinski definition) is 3. The zero-order chi connectivity index (χ0) is 19.9. The van der Waals surface area contributed by atoms with Gasteiger partial charge in [-0.15, -0.1) is 0 Å². The molecule has 3 aliphatic rings. The number of aliphatic carboxylic acids is 1. The first-order valence-corrected chi connectivity index (χ1v) is 10.3. The van der Waals surface area contributed by atoms with E-state index in [0.29, 0.717) is 42.7 Å². The summed E-state index contributed by atoms with van der Waals surface area (Å²) in [5.41, 5.74) is 2.81. The highest BCUT2D eigenvalue weighted by molar-refractivity contribution is 8.01. The van der Waals surface area contributed by atoms with E-state index in [1.54, 1.807) is 17.8 Å². The van der Waals surface area contributed by atoms with Crippen LogP contribution in [0, 0.1) is 0 Å². The third kappa shape index (κ3) is 3.48. The maximum Gasteiger partial charge on any atom is 0.333 e. The molecule has 1 aromatic heterocycles. The van der Waals surface area contributed by atoms with E-state index in [1.165, 1.54) is 0 Å². The number of rotatable bonds is 5. The number of amides is 1. The predicted octanol–water partition coefficient (Wildman–Crippen LogP) is 3.40. The highest BCUT2D eigenvalue weighted by Crippen LogP contribution is 2.52. The number of nitrogens with zero attached hydrogens (tertiary/aromatic N) is 2. The van der Waals surface area contributed by atoms with Gasteiger partial charge in [0.05, 0.1) is 21.8 Å². The van der Waals surface area contributed by atoms with Gasteiger partial charge in [0.1, 0.15) is 0 Å². The van der Waals surface area contributed by atoms with Crippen molar-refractivity contribution in [2.75, 3.05) is 0 Å². The molecule has 0 spiro atoms. The molecule has 3 N–H and O–H groups in total. The van der Waals surface area contributed by atoms with Gasteiger partial charge in [-0.1, -0.05) is 11.8 Å². The number of aromatic nitrogens is 2. The average Bonchev–Trinajstić information content (AvgIpc) is 3.13. The third-order valence-electron chi connectivity index (χ3n) is 5.42. The molecule has 1 amide bonds. The molecule has 0 radical (unpaired) electrons. The van der Waals surface area contributed by atoms with Gasteiger partial charge >= 0.3 is 5.97 Å². The van der Waals surface area contributed by atoms with Crippen LogP contribution in [-0.2, 0) is 16.0 Å². The Labute approximate surface area is 167 Å². The van der Waals surface area contributed by atoms with Crippen LogP contribution in [0.2, 0.25) is 0 Å². The van der Waals surface area contributed by atoms with Gasteiger partial charge in [-0.05, 0) is 51.2 Å². The standard InChI is InChI=1S/C20H23N3O4S/c1-20-10-13(24)7-8-16(20)23-11-12(21-19(23)28-20)6-9-17(25)22-15-5-3-2-4-14(15)18(26)27/h7-8,11,24H,2-6,9-10H2,1H3,(H,22,25)(H,26,27). The number of aliphatic hydroxyl groups excluding tert-OH is 1. The number of fused-ring (bicyclic) bond motifs is 3. The Bertz CT molecular complexity index is 943. The number of carboxylic acids is 1. The summed E-state index contributed by atoms with van der Waals surface area (Å²) in [6, 6.07) is 0. The first kappa shape index (κ1) is 18.9. The minimum Gasteiger partial charge on any atom is -0.512 e. The highest BCUT2D eigenvalue weighted by Gasteiger charge is 2.42. The molecule has 148 valence electrons. The summed E-state index contributed by atoms with van der Waals surface area (Å²) < 4.78 is 1.82. The summed E-state index contributed by atoms with van der Waals surface area (Å²) in [4.78, 5) is 28.3. The minimum absolute atomic E-state index is 0.175. The SMILES string of the molecule is CC12CC(O)=CC=C1n1cc(CCC(=O)NC3=C(C(=O)O)CCCC3)nc1S2. The van der Waals surface area contributed by atoms with Crippen molar-refractivity contribution < 1.29 is 19.8 Å². The van der Waals surface area contributed by atoms with Crippen LogP contribution in [0.25, 0.3) is 5.70 Å². The Kier molecular flexibility index (Phi) is 4.82. The van der Waals surface area contributed by atoms with E-state index in [2.05, 4.69) is 17.2 Å². The van der Waals surface area contributed by atoms with Gasteiger partial charge in [0.15, 0.2) is 5.16 Å². The van der Waals surface area contributed by atoms with Crippen molar-refractivity contribution in [3.05, 3.63) is 41.1 Å². The minimum atomic E-state index is -0.943. The summed E-state index contributed by atoms with van der Waals surface area (Å²) in [7, 11) is 0. The molecular formula is C20H23N3O4S. The van der Waals surface area contributed by atoms with Crippen molar-refractivity contribution in [1.29, 1.82) is 0 Å². The van der Waals surface area contributed by atoms with Crippen LogP contribution in [0.3, 0.4) is 0 Å². The zero-order valence-corrected chi connectivity index (χ0v) is 16.5. The lowest BCUT2D eigenvalue weighted by molar-refractivity contribution is -0.133. The van der Waals surface area contributed by atoms with E-state index < -0.39 is 5.97 Å². The van der Waals surface area contributed by atoms with Crippen molar-refractivity contribution in [3.8, 4) is 0 Å². The molecule has 7 nitrogen and oxygen atoms in total. The van der Waals surface area contributed by atoms with Gasteiger partial charge in [-0.3, -0.25) is 9.36 Å². The van der Waals surface area contributed by atoms with E-state index in [9.17, 15) is 19.8 Å². The molecule has 1 aliphatic heterocycles. The lowest BCUT2D eigenvalue weighted by Crippen LogP contribution is -2.27. The average molecular weight is 401 g/mol. The molecule has 0 fully saturated rings. The second-order valence-electron chi connectivity index (χ2n) is 7.62. The van der Waals surface area contributed by atoms with E-state index in [1.807, 2.05) is 16.8 Å². The van der Waals surface area contributed by atoms with Gasteiger partial charge in [0, 0.05) is 30.4 Å². The number of allylic oxidation sites excluding steroid dienone is 4. The summed E-state index contributed by atoms with van der Waals surface area (Å²) in [6.07, 6.45) is 9.78. The molecule has 2 heterocycles. The van der Waals surface area contributed by atoms with E-state index >= 15 is 0 Å². The van der Waals surface area contributed by atoms with Crippen molar-refractivity contribution >= 4 is 29.3 Å². The van der Waals surface area contributed by atoms with Gasteiger partial charge in [0.25, 0.3) is 0 Å². The van der Waals surface area contributed by atoms with E-state index in [4.69, 9.17) is 0 Å². The quantitative estimate of drug-likeness (QED) is 0.699. The molecule has 0 bridgehead atoms. The summed E-state index contributed by atoms with van der Waals surface area (Å²) >= 11 is 1.62. The molecule has 0 saturated heterocycles. The molecular weight excluding hydrogens is 378 g/mol. The molecule has 1 unspecified atom stereocenters. The third-order valence-corrected chi connectivity index (χ3v) is 6.69. The first-order valence-electron chi connectivity index (χ1n) is 9.49. The lowest BCUT2D eigenvalue weighted by Gasteiger charge is -2.26. The number of hydrogen-bond acceptors (Lipinski definition) is 5. The van der Waals surface area contributed by atoms with Crippen molar-refractivity contribution in [3.63, 3.8) is 0 Å². The fourth-order valence-corrected chi connectivity index (χ4v) is 5.30. The zero-order valence-electron chi connectivity index (χ0n) is 15.7. The summed E-state index contributed by atoms with van der Waals surface area (Å²) in [5.74, 6) is -0.744. The molecule has 4 rings (SSSR count). The molecule has 28 heavy (non-hydrogen) atoms. The van der Waals surface area contributed by atoms with Crippen LogP contribution in [0.15, 0.2) is 40.5 Å². The maximum atomic E-state index is 12.3. The van der Waals surface area contributed by atoms with E-state index in [-0.39, 0.29) is 17.1 Å². The topological polar surface area (TPSA) is 104 Å². The van der Waals surface area contributed by atoms with Crippen LogP contribution in [0.4, 0.5) is 0 Å². The van der Waals surface area contributed by atoms with Gasteiger partial charge in [-0.25, -0.2) is 9.78 Å². The number of aliphatic hydroxyl groups is 1. The second-order valence-corrected chi connectivity index (χ2v) is 9.09.